The number of phosphoric ester groups is 1. The number of nitrogens with zero attached hydrogens (tertiary/aromatic N) is 3. The van der Waals surface area contributed by atoms with Crippen LogP contribution in [-0.4, -0.2) is 43.7 Å². The van der Waals surface area contributed by atoms with E-state index in [0.29, 0.717) is 11.0 Å². The van der Waals surface area contributed by atoms with E-state index in [4.69, 9.17) is 18.8 Å². The monoisotopic (exact) mass is 525 g/mol. The van der Waals surface area contributed by atoms with Gasteiger partial charge in [0.05, 0.1) is 42.7 Å². The molecule has 1 aliphatic heterocycles. The van der Waals surface area contributed by atoms with Gasteiger partial charge in [0.1, 0.15) is 0 Å². The van der Waals surface area contributed by atoms with E-state index in [0.717, 1.165) is 17.0 Å². The Balaban J connectivity index is 2.14. The molecule has 0 saturated carbocycles. The van der Waals surface area contributed by atoms with Gasteiger partial charge in [0.2, 0.25) is 0 Å². The Labute approximate surface area is 205 Å². The van der Waals surface area contributed by atoms with Gasteiger partial charge in [0, 0.05) is 7.05 Å². The average Bonchev–Trinajstić information content (AvgIpc) is 3.03. The van der Waals surface area contributed by atoms with Gasteiger partial charge in [0.15, 0.2) is 5.54 Å². The summed E-state index contributed by atoms with van der Waals surface area (Å²) in [5.74, 6) is -0.946. The number of anilines is 1. The van der Waals surface area contributed by atoms with E-state index in [2.05, 4.69) is 0 Å². The van der Waals surface area contributed by atoms with Crippen LogP contribution in [0.5, 0.6) is 0 Å². The second-order valence-corrected chi connectivity index (χ2v) is 9.27. The molecular weight excluding hydrogens is 502 g/mol. The SMILES string of the molecule is CCOP(=O)(OCC)OCC1(c2ccccc2)C(=O)N(c2ccc(C#N)c(C(F)(F)F)c2)C(=O)N1C. The topological polar surface area (TPSA) is 109 Å². The minimum absolute atomic E-state index is 0.0318. The van der Waals surface area contributed by atoms with Crippen molar-refractivity contribution in [3.63, 3.8) is 0 Å². The zero-order chi connectivity index (χ0) is 26.7. The van der Waals surface area contributed by atoms with Crippen molar-refractivity contribution < 1.29 is 40.9 Å². The fraction of sp³-hybridized carbons (Fsp3) is 0.348. The number of nitriles is 1. The normalized spacial score (nSPS) is 18.6. The van der Waals surface area contributed by atoms with Crippen LogP contribution in [0.25, 0.3) is 0 Å². The van der Waals surface area contributed by atoms with Gasteiger partial charge in [-0.3, -0.25) is 18.4 Å². The number of benzene rings is 2. The summed E-state index contributed by atoms with van der Waals surface area (Å²) >= 11 is 0. The fourth-order valence-corrected chi connectivity index (χ4v) is 5.03. The first-order chi connectivity index (χ1) is 16.9. The maximum atomic E-state index is 13.9. The van der Waals surface area contributed by atoms with E-state index in [9.17, 15) is 27.3 Å². The minimum atomic E-state index is -4.90. The summed E-state index contributed by atoms with van der Waals surface area (Å²) in [5.41, 5.74) is -3.99. The molecule has 1 unspecified atom stereocenters. The van der Waals surface area contributed by atoms with Crippen LogP contribution in [0.4, 0.5) is 23.7 Å². The standard InChI is InChI=1S/C23H23F3N3O6P/c1-4-33-36(32,34-5-2)35-15-22(17-9-7-6-8-10-17)20(30)29(21(31)28(22)3)18-12-11-16(14-27)19(13-18)23(24,25)26/h6-13H,4-5,15H2,1-3H3. The van der Waals surface area contributed by atoms with Crippen molar-refractivity contribution in [2.75, 3.05) is 31.8 Å². The van der Waals surface area contributed by atoms with Crippen LogP contribution in [-0.2, 0) is 34.6 Å². The van der Waals surface area contributed by atoms with Gasteiger partial charge < -0.3 is 4.90 Å². The fourth-order valence-electron chi connectivity index (χ4n) is 3.83. The molecule has 3 rings (SSSR count). The molecule has 36 heavy (non-hydrogen) atoms. The Morgan fingerprint density at radius 3 is 2.17 bits per heavy atom. The second-order valence-electron chi connectivity index (χ2n) is 7.60. The molecule has 0 bridgehead atoms. The summed E-state index contributed by atoms with van der Waals surface area (Å²) in [6.07, 6.45) is -4.90. The second kappa shape index (κ2) is 10.4. The largest absolute Gasteiger partial charge is 0.474 e. The lowest BCUT2D eigenvalue weighted by Crippen LogP contribution is -2.48. The summed E-state index contributed by atoms with van der Waals surface area (Å²) in [5, 5.41) is 9.08. The van der Waals surface area contributed by atoms with Crippen LogP contribution < -0.4 is 4.90 Å². The zero-order valence-corrected chi connectivity index (χ0v) is 20.5. The average molecular weight is 525 g/mol. The number of hydrogen-bond donors (Lipinski definition) is 0. The Morgan fingerprint density at radius 1 is 1.03 bits per heavy atom. The van der Waals surface area contributed by atoms with Gasteiger partial charge in [-0.15, -0.1) is 0 Å². The molecule has 2 aromatic rings. The van der Waals surface area contributed by atoms with Gasteiger partial charge in [-0.2, -0.15) is 18.4 Å². The number of urea groups is 1. The lowest BCUT2D eigenvalue weighted by molar-refractivity contribution is -0.137. The molecule has 1 saturated heterocycles. The number of rotatable bonds is 9. The predicted octanol–water partition coefficient (Wildman–Crippen LogP) is 5.07. The zero-order valence-electron chi connectivity index (χ0n) is 19.6. The number of alkyl halides is 3. The van der Waals surface area contributed by atoms with Crippen LogP contribution in [0.1, 0.15) is 30.5 Å². The highest BCUT2D eigenvalue weighted by molar-refractivity contribution is 7.48. The maximum absolute atomic E-state index is 13.9. The first-order valence-corrected chi connectivity index (χ1v) is 12.2. The van der Waals surface area contributed by atoms with Crippen molar-refractivity contribution >= 4 is 25.4 Å². The van der Waals surface area contributed by atoms with E-state index < -0.39 is 54.9 Å². The molecule has 2 aromatic carbocycles. The summed E-state index contributed by atoms with van der Waals surface area (Å²) in [6, 6.07) is 10.9. The molecule has 0 radical (unpaired) electrons. The smallest absolute Gasteiger partial charge is 0.306 e. The quantitative estimate of drug-likeness (QED) is 0.332. The molecule has 0 aliphatic carbocycles. The van der Waals surface area contributed by atoms with Crippen LogP contribution >= 0.6 is 7.82 Å². The van der Waals surface area contributed by atoms with Crippen molar-refractivity contribution in [2.24, 2.45) is 0 Å². The summed E-state index contributed by atoms with van der Waals surface area (Å²) < 4.78 is 69.4. The van der Waals surface area contributed by atoms with Crippen molar-refractivity contribution in [3.05, 3.63) is 65.2 Å². The summed E-state index contributed by atoms with van der Waals surface area (Å²) in [7, 11) is -2.86. The highest BCUT2D eigenvalue weighted by atomic mass is 31.2. The molecule has 1 aliphatic rings. The van der Waals surface area contributed by atoms with E-state index in [-0.39, 0.29) is 18.8 Å². The molecule has 1 heterocycles. The van der Waals surface area contributed by atoms with E-state index >= 15 is 0 Å². The molecule has 1 atom stereocenters. The molecule has 0 N–H and O–H groups in total. The van der Waals surface area contributed by atoms with Gasteiger partial charge >= 0.3 is 20.0 Å². The first kappa shape index (κ1) is 27.4. The molecule has 192 valence electrons. The first-order valence-electron chi connectivity index (χ1n) is 10.8. The summed E-state index contributed by atoms with van der Waals surface area (Å²) in [6.45, 7) is 2.38. The lowest BCUT2D eigenvalue weighted by Gasteiger charge is -2.33. The molecule has 0 aromatic heterocycles. The number of amides is 3. The number of likely N-dealkylation sites (N-methyl/N-ethyl adjacent to an activating group) is 1. The van der Waals surface area contributed by atoms with E-state index in [1.807, 2.05) is 0 Å². The van der Waals surface area contributed by atoms with Gasteiger partial charge in [-0.05, 0) is 37.6 Å². The Hall–Kier alpha value is -3.23. The van der Waals surface area contributed by atoms with Crippen LogP contribution in [0, 0.1) is 11.3 Å². The van der Waals surface area contributed by atoms with Crippen molar-refractivity contribution in [1.29, 1.82) is 5.26 Å². The maximum Gasteiger partial charge on any atom is 0.474 e. The third-order valence-electron chi connectivity index (χ3n) is 5.55. The van der Waals surface area contributed by atoms with Gasteiger partial charge in [-0.25, -0.2) is 14.3 Å². The summed E-state index contributed by atoms with van der Waals surface area (Å²) in [4.78, 5) is 28.7. The number of phosphoric acid groups is 1. The number of carbonyl (C=O) groups excluding carboxylic acids is 2. The van der Waals surface area contributed by atoms with Gasteiger partial charge in [-0.1, -0.05) is 30.3 Å². The minimum Gasteiger partial charge on any atom is -0.306 e. The van der Waals surface area contributed by atoms with E-state index in [1.54, 1.807) is 32.0 Å². The van der Waals surface area contributed by atoms with Crippen molar-refractivity contribution in [3.8, 4) is 6.07 Å². The number of carbonyl (C=O) groups is 2. The third kappa shape index (κ3) is 4.88. The highest BCUT2D eigenvalue weighted by Gasteiger charge is 2.59. The predicted molar refractivity (Wildman–Crippen MR) is 122 cm³/mol. The third-order valence-corrected chi connectivity index (χ3v) is 7.15. The van der Waals surface area contributed by atoms with Crippen molar-refractivity contribution in [2.45, 2.75) is 25.6 Å². The number of halogens is 3. The molecule has 3 amide bonds. The number of hydrogen-bond acceptors (Lipinski definition) is 7. The van der Waals surface area contributed by atoms with Gasteiger partial charge in [0.25, 0.3) is 5.91 Å². The molecular formula is C23H23F3N3O6P. The van der Waals surface area contributed by atoms with Crippen LogP contribution in [0.3, 0.4) is 0 Å². The Kier molecular flexibility index (Phi) is 7.91. The van der Waals surface area contributed by atoms with Crippen LogP contribution in [0.15, 0.2) is 48.5 Å². The van der Waals surface area contributed by atoms with Crippen LogP contribution in [0.2, 0.25) is 0 Å². The lowest BCUT2D eigenvalue weighted by atomic mass is 9.89. The molecule has 1 fully saturated rings. The number of imide groups is 1. The Bertz CT molecular complexity index is 1220. The Morgan fingerprint density at radius 2 is 1.64 bits per heavy atom. The molecule has 0 spiro atoms. The molecule has 13 heteroatoms. The van der Waals surface area contributed by atoms with E-state index in [1.165, 1.54) is 25.2 Å². The van der Waals surface area contributed by atoms with Crippen molar-refractivity contribution in [1.82, 2.24) is 4.90 Å². The molecule has 9 nitrogen and oxygen atoms in total. The highest BCUT2D eigenvalue weighted by Crippen LogP contribution is 2.52.